The fourth-order valence-electron chi connectivity index (χ4n) is 3.62. The average Bonchev–Trinajstić information content (AvgIpc) is 2.96. The van der Waals surface area contributed by atoms with Gasteiger partial charge < -0.3 is 14.8 Å². The molecule has 2 aromatic rings. The second kappa shape index (κ2) is 11.1. The van der Waals surface area contributed by atoms with Crippen LogP contribution in [-0.4, -0.2) is 12.6 Å². The number of rotatable bonds is 8. The summed E-state index contributed by atoms with van der Waals surface area (Å²) in [6, 6.07) is 12.4. The number of benzene rings is 2. The number of ether oxygens (including phenoxy) is 2. The quantitative estimate of drug-likeness (QED) is 0.429. The normalized spacial score (nSPS) is 15.2. The molecule has 0 spiro atoms. The predicted molar refractivity (Wildman–Crippen MR) is 119 cm³/mol. The van der Waals surface area contributed by atoms with E-state index in [0.29, 0.717) is 24.3 Å². The van der Waals surface area contributed by atoms with Gasteiger partial charge in [-0.1, -0.05) is 65.3 Å². The fourth-order valence-corrected chi connectivity index (χ4v) is 4.29. The van der Waals surface area contributed by atoms with Gasteiger partial charge >= 0.3 is 0 Å². The molecule has 5 heteroatoms. The van der Waals surface area contributed by atoms with E-state index in [1.54, 1.807) is 0 Å². The van der Waals surface area contributed by atoms with Gasteiger partial charge in [0.2, 0.25) is 0 Å². The van der Waals surface area contributed by atoms with Gasteiger partial charge in [-0.2, -0.15) is 0 Å². The molecule has 0 amide bonds. The lowest BCUT2D eigenvalue weighted by Gasteiger charge is -2.19. The maximum atomic E-state index is 6.07. The van der Waals surface area contributed by atoms with E-state index < -0.39 is 0 Å². The van der Waals surface area contributed by atoms with Crippen LogP contribution in [-0.2, 0) is 13.2 Å². The van der Waals surface area contributed by atoms with E-state index in [0.717, 1.165) is 28.1 Å². The summed E-state index contributed by atoms with van der Waals surface area (Å²) in [6.07, 6.45) is 7.95. The van der Waals surface area contributed by atoms with Crippen molar-refractivity contribution in [3.63, 3.8) is 0 Å². The zero-order valence-electron chi connectivity index (χ0n) is 16.5. The first-order valence-corrected chi connectivity index (χ1v) is 11.4. The van der Waals surface area contributed by atoms with Crippen molar-refractivity contribution in [2.45, 2.75) is 64.6 Å². The van der Waals surface area contributed by atoms with Gasteiger partial charge in [0.25, 0.3) is 0 Å². The lowest BCUT2D eigenvalue weighted by molar-refractivity contribution is 0.268. The zero-order chi connectivity index (χ0) is 19.8. The van der Waals surface area contributed by atoms with Gasteiger partial charge in [-0.05, 0) is 55.2 Å². The standard InChI is InChI=1S/C23H29BrClNO2/c1-2-27-22-13-18(15-26-20-10-5-3-4-6-11-20)21(24)14-23(22)28-16-17-8-7-9-19(25)12-17/h7-9,12-14,20,26H,2-6,10-11,15-16H2,1H3. The Morgan fingerprint density at radius 3 is 2.50 bits per heavy atom. The molecule has 1 N–H and O–H groups in total. The molecule has 1 fully saturated rings. The summed E-state index contributed by atoms with van der Waals surface area (Å²) < 4.78 is 12.9. The van der Waals surface area contributed by atoms with Crippen LogP contribution >= 0.6 is 27.5 Å². The van der Waals surface area contributed by atoms with E-state index in [2.05, 4.69) is 27.3 Å². The Hall–Kier alpha value is -1.23. The average molecular weight is 467 g/mol. The molecule has 1 aliphatic rings. The molecule has 2 aromatic carbocycles. The van der Waals surface area contributed by atoms with Gasteiger partial charge in [0.15, 0.2) is 11.5 Å². The smallest absolute Gasteiger partial charge is 0.162 e. The maximum Gasteiger partial charge on any atom is 0.162 e. The van der Waals surface area contributed by atoms with Crippen LogP contribution in [0.4, 0.5) is 0 Å². The highest BCUT2D eigenvalue weighted by Gasteiger charge is 2.15. The van der Waals surface area contributed by atoms with Crippen molar-refractivity contribution in [1.29, 1.82) is 0 Å². The fraction of sp³-hybridized carbons (Fsp3) is 0.478. The van der Waals surface area contributed by atoms with Crippen molar-refractivity contribution >= 4 is 27.5 Å². The predicted octanol–water partition coefficient (Wildman–Crippen LogP) is 6.89. The maximum absolute atomic E-state index is 6.07. The molecule has 0 bridgehead atoms. The van der Waals surface area contributed by atoms with Crippen LogP contribution in [0.15, 0.2) is 40.9 Å². The van der Waals surface area contributed by atoms with Crippen molar-refractivity contribution in [3.05, 3.63) is 57.0 Å². The Morgan fingerprint density at radius 2 is 1.79 bits per heavy atom. The van der Waals surface area contributed by atoms with Crippen molar-refractivity contribution in [3.8, 4) is 11.5 Å². The molecule has 1 saturated carbocycles. The van der Waals surface area contributed by atoms with E-state index in [1.165, 1.54) is 44.1 Å². The zero-order valence-corrected chi connectivity index (χ0v) is 18.8. The SMILES string of the molecule is CCOc1cc(CNC2CCCCCC2)c(Br)cc1OCc1cccc(Cl)c1. The first-order chi connectivity index (χ1) is 13.7. The number of hydrogen-bond acceptors (Lipinski definition) is 3. The highest BCUT2D eigenvalue weighted by atomic mass is 79.9. The van der Waals surface area contributed by atoms with Gasteiger partial charge in [-0.3, -0.25) is 0 Å². The number of halogens is 2. The third kappa shape index (κ3) is 6.40. The highest BCUT2D eigenvalue weighted by Crippen LogP contribution is 2.35. The Bertz CT molecular complexity index is 760. The summed E-state index contributed by atoms with van der Waals surface area (Å²) in [6.45, 7) is 3.88. The Morgan fingerprint density at radius 1 is 1.04 bits per heavy atom. The van der Waals surface area contributed by atoms with Crippen LogP contribution in [0, 0.1) is 0 Å². The minimum absolute atomic E-state index is 0.451. The van der Waals surface area contributed by atoms with Gasteiger partial charge in [0, 0.05) is 22.1 Å². The lowest BCUT2D eigenvalue weighted by atomic mass is 10.1. The van der Waals surface area contributed by atoms with Crippen molar-refractivity contribution in [2.24, 2.45) is 0 Å². The van der Waals surface area contributed by atoms with Gasteiger partial charge in [-0.15, -0.1) is 0 Å². The van der Waals surface area contributed by atoms with E-state index in [4.69, 9.17) is 21.1 Å². The van der Waals surface area contributed by atoms with Crippen molar-refractivity contribution < 1.29 is 9.47 Å². The summed E-state index contributed by atoms with van der Waals surface area (Å²) in [4.78, 5) is 0. The summed E-state index contributed by atoms with van der Waals surface area (Å²) in [5.41, 5.74) is 2.23. The lowest BCUT2D eigenvalue weighted by Crippen LogP contribution is -2.28. The molecular formula is C23H29BrClNO2. The second-order valence-corrected chi connectivity index (χ2v) is 8.60. The topological polar surface area (TPSA) is 30.5 Å². The Kier molecular flexibility index (Phi) is 8.50. The van der Waals surface area contributed by atoms with E-state index in [9.17, 15) is 0 Å². The highest BCUT2D eigenvalue weighted by molar-refractivity contribution is 9.10. The molecule has 0 aromatic heterocycles. The van der Waals surface area contributed by atoms with E-state index in [1.807, 2.05) is 37.3 Å². The van der Waals surface area contributed by atoms with E-state index in [-0.39, 0.29) is 0 Å². The van der Waals surface area contributed by atoms with Crippen LogP contribution in [0.2, 0.25) is 5.02 Å². The molecule has 0 unspecified atom stereocenters. The molecular weight excluding hydrogens is 438 g/mol. The van der Waals surface area contributed by atoms with Gasteiger partial charge in [0.1, 0.15) is 6.61 Å². The molecule has 0 aliphatic heterocycles. The third-order valence-electron chi connectivity index (χ3n) is 5.13. The van der Waals surface area contributed by atoms with Crippen LogP contribution in [0.25, 0.3) is 0 Å². The minimum atomic E-state index is 0.451. The summed E-state index contributed by atoms with van der Waals surface area (Å²) in [5.74, 6) is 1.53. The summed E-state index contributed by atoms with van der Waals surface area (Å²) >= 11 is 9.78. The number of nitrogens with one attached hydrogen (secondary N) is 1. The first kappa shape index (κ1) is 21.5. The van der Waals surface area contributed by atoms with Crippen molar-refractivity contribution in [2.75, 3.05) is 6.61 Å². The molecule has 3 nitrogen and oxygen atoms in total. The largest absolute Gasteiger partial charge is 0.490 e. The van der Waals surface area contributed by atoms with Crippen LogP contribution in [0.1, 0.15) is 56.6 Å². The summed E-state index contributed by atoms with van der Waals surface area (Å²) in [7, 11) is 0. The molecule has 3 rings (SSSR count). The van der Waals surface area contributed by atoms with Crippen molar-refractivity contribution in [1.82, 2.24) is 5.32 Å². The van der Waals surface area contributed by atoms with E-state index >= 15 is 0 Å². The monoisotopic (exact) mass is 465 g/mol. The molecule has 0 radical (unpaired) electrons. The minimum Gasteiger partial charge on any atom is -0.490 e. The Balaban J connectivity index is 1.68. The molecule has 152 valence electrons. The molecule has 0 atom stereocenters. The second-order valence-electron chi connectivity index (χ2n) is 7.31. The third-order valence-corrected chi connectivity index (χ3v) is 6.11. The summed E-state index contributed by atoms with van der Waals surface area (Å²) in [5, 5.41) is 4.45. The molecule has 1 aliphatic carbocycles. The number of hydrogen-bond donors (Lipinski definition) is 1. The Labute approximate surface area is 181 Å². The van der Waals surface area contributed by atoms with Gasteiger partial charge in [-0.25, -0.2) is 0 Å². The molecule has 0 heterocycles. The van der Waals surface area contributed by atoms with Crippen LogP contribution < -0.4 is 14.8 Å². The van der Waals surface area contributed by atoms with Crippen LogP contribution in [0.3, 0.4) is 0 Å². The van der Waals surface area contributed by atoms with Crippen LogP contribution in [0.5, 0.6) is 11.5 Å². The molecule has 0 saturated heterocycles. The van der Waals surface area contributed by atoms with Gasteiger partial charge in [0.05, 0.1) is 6.61 Å². The molecule has 28 heavy (non-hydrogen) atoms. The first-order valence-electron chi connectivity index (χ1n) is 10.2.